The van der Waals surface area contributed by atoms with E-state index in [1.807, 2.05) is 0 Å². The van der Waals surface area contributed by atoms with Gasteiger partial charge in [0.2, 0.25) is 10.0 Å². The van der Waals surface area contributed by atoms with E-state index in [2.05, 4.69) is 4.72 Å². The maximum absolute atomic E-state index is 12.4. The van der Waals surface area contributed by atoms with Crippen LogP contribution in [-0.4, -0.2) is 28.7 Å². The Labute approximate surface area is 130 Å². The summed E-state index contributed by atoms with van der Waals surface area (Å²) in [6, 6.07) is 7.74. The van der Waals surface area contributed by atoms with E-state index in [9.17, 15) is 8.42 Å². The predicted molar refractivity (Wildman–Crippen MR) is 81.7 cm³/mol. The van der Waals surface area contributed by atoms with Crippen LogP contribution >= 0.6 is 0 Å². The minimum atomic E-state index is -3.65. The summed E-state index contributed by atoms with van der Waals surface area (Å²) in [5.41, 5.74) is 0. The minimum absolute atomic E-state index is 0.122. The van der Waals surface area contributed by atoms with Crippen molar-refractivity contribution in [3.05, 3.63) is 42.4 Å². The lowest BCUT2D eigenvalue weighted by Gasteiger charge is -2.14. The Kier molecular flexibility index (Phi) is 5.10. The summed E-state index contributed by atoms with van der Waals surface area (Å²) in [5, 5.41) is 0. The first-order valence-electron chi connectivity index (χ1n) is 6.73. The van der Waals surface area contributed by atoms with Gasteiger partial charge in [0.1, 0.15) is 5.76 Å². The molecule has 1 aromatic carbocycles. The third-order valence-corrected chi connectivity index (χ3v) is 4.70. The Morgan fingerprint density at radius 3 is 2.50 bits per heavy atom. The number of hydrogen-bond acceptors (Lipinski definition) is 5. The molecule has 2 rings (SSSR count). The summed E-state index contributed by atoms with van der Waals surface area (Å²) in [4.78, 5) is 0.122. The lowest BCUT2D eigenvalue weighted by molar-refractivity contribution is 0.354. The molecule has 120 valence electrons. The van der Waals surface area contributed by atoms with Crippen LogP contribution in [0.2, 0.25) is 0 Å². The molecule has 1 N–H and O–H groups in total. The van der Waals surface area contributed by atoms with Gasteiger partial charge in [0.15, 0.2) is 11.5 Å². The van der Waals surface area contributed by atoms with Crippen molar-refractivity contribution < 1.29 is 22.3 Å². The monoisotopic (exact) mass is 325 g/mol. The molecule has 7 heteroatoms. The largest absolute Gasteiger partial charge is 0.493 e. The molecule has 0 aliphatic heterocycles. The molecule has 0 bridgehead atoms. The number of ether oxygens (including phenoxy) is 2. The van der Waals surface area contributed by atoms with Gasteiger partial charge in [-0.25, -0.2) is 13.1 Å². The molecule has 0 aliphatic rings. The molecule has 0 radical (unpaired) electrons. The highest BCUT2D eigenvalue weighted by atomic mass is 32.2. The van der Waals surface area contributed by atoms with E-state index in [1.165, 1.54) is 26.4 Å². The quantitative estimate of drug-likeness (QED) is 0.844. The number of sulfonamides is 1. The Bertz CT molecular complexity index is 710. The molecule has 1 atom stereocenters. The molecule has 1 aromatic heterocycles. The molecule has 0 saturated carbocycles. The van der Waals surface area contributed by atoms with Gasteiger partial charge in [-0.05, 0) is 31.2 Å². The Morgan fingerprint density at radius 2 is 1.91 bits per heavy atom. The zero-order valence-electron chi connectivity index (χ0n) is 12.7. The Morgan fingerprint density at radius 1 is 1.18 bits per heavy atom. The number of furan rings is 1. The van der Waals surface area contributed by atoms with E-state index in [1.54, 1.807) is 31.4 Å². The van der Waals surface area contributed by atoms with Gasteiger partial charge in [0.25, 0.3) is 0 Å². The number of hydrogen-bond donors (Lipinski definition) is 1. The van der Waals surface area contributed by atoms with Crippen LogP contribution in [0.1, 0.15) is 12.7 Å². The maximum atomic E-state index is 12.4. The highest BCUT2D eigenvalue weighted by Gasteiger charge is 2.20. The van der Waals surface area contributed by atoms with Crippen LogP contribution in [0.15, 0.2) is 45.9 Å². The second-order valence-electron chi connectivity index (χ2n) is 4.82. The minimum Gasteiger partial charge on any atom is -0.493 e. The van der Waals surface area contributed by atoms with Crippen LogP contribution in [0, 0.1) is 0 Å². The molecule has 1 heterocycles. The van der Waals surface area contributed by atoms with E-state index in [0.29, 0.717) is 17.9 Å². The van der Waals surface area contributed by atoms with Crippen LogP contribution in [0.5, 0.6) is 11.5 Å². The second kappa shape index (κ2) is 6.85. The normalized spacial score (nSPS) is 12.9. The molecular weight excluding hydrogens is 306 g/mol. The fraction of sp³-hybridized carbons (Fsp3) is 0.333. The first kappa shape index (κ1) is 16.4. The lowest BCUT2D eigenvalue weighted by atomic mass is 10.2. The average Bonchev–Trinajstić information content (AvgIpc) is 2.98. The van der Waals surface area contributed by atoms with Gasteiger partial charge in [-0.3, -0.25) is 0 Å². The standard InChI is InChI=1S/C15H19NO5S/c1-11(9-12-5-4-8-21-12)16-22(17,18)13-6-7-14(19-2)15(10-13)20-3/h4-8,10-11,16H,9H2,1-3H3/t11-/m0/s1. The molecule has 0 unspecified atom stereocenters. The average molecular weight is 325 g/mol. The van der Waals surface area contributed by atoms with Gasteiger partial charge in [0, 0.05) is 18.5 Å². The van der Waals surface area contributed by atoms with Crippen molar-refractivity contribution in [3.8, 4) is 11.5 Å². The fourth-order valence-electron chi connectivity index (χ4n) is 2.09. The molecule has 0 saturated heterocycles. The molecule has 0 fully saturated rings. The van der Waals surface area contributed by atoms with Gasteiger partial charge in [-0.15, -0.1) is 0 Å². The van der Waals surface area contributed by atoms with Crippen LogP contribution in [-0.2, 0) is 16.4 Å². The van der Waals surface area contributed by atoms with E-state index < -0.39 is 10.0 Å². The van der Waals surface area contributed by atoms with Gasteiger partial charge in [-0.1, -0.05) is 0 Å². The van der Waals surface area contributed by atoms with Gasteiger partial charge < -0.3 is 13.9 Å². The summed E-state index contributed by atoms with van der Waals surface area (Å²) >= 11 is 0. The molecule has 0 spiro atoms. The molecule has 2 aromatic rings. The van der Waals surface area contributed by atoms with Crippen LogP contribution < -0.4 is 14.2 Å². The Balaban J connectivity index is 2.15. The van der Waals surface area contributed by atoms with Gasteiger partial charge >= 0.3 is 0 Å². The van der Waals surface area contributed by atoms with Crippen molar-refractivity contribution in [2.75, 3.05) is 14.2 Å². The topological polar surface area (TPSA) is 77.8 Å². The number of nitrogens with one attached hydrogen (secondary N) is 1. The maximum Gasteiger partial charge on any atom is 0.240 e. The highest BCUT2D eigenvalue weighted by molar-refractivity contribution is 7.89. The molecule has 22 heavy (non-hydrogen) atoms. The van der Waals surface area contributed by atoms with E-state index in [-0.39, 0.29) is 10.9 Å². The highest BCUT2D eigenvalue weighted by Crippen LogP contribution is 2.29. The second-order valence-corrected chi connectivity index (χ2v) is 6.54. The third-order valence-electron chi connectivity index (χ3n) is 3.11. The third kappa shape index (κ3) is 3.80. The first-order chi connectivity index (χ1) is 10.5. The summed E-state index contributed by atoms with van der Waals surface area (Å²) in [6.07, 6.45) is 2.03. The van der Waals surface area contributed by atoms with Crippen molar-refractivity contribution in [1.29, 1.82) is 0 Å². The zero-order chi connectivity index (χ0) is 16.2. The van der Waals surface area contributed by atoms with Crippen molar-refractivity contribution in [2.24, 2.45) is 0 Å². The molecular formula is C15H19NO5S. The van der Waals surface area contributed by atoms with Gasteiger partial charge in [0.05, 0.1) is 25.4 Å². The number of methoxy groups -OCH3 is 2. The first-order valence-corrected chi connectivity index (χ1v) is 8.21. The SMILES string of the molecule is COc1ccc(S(=O)(=O)N[C@@H](C)Cc2ccco2)cc1OC. The predicted octanol–water partition coefficient (Wildman–Crippen LogP) is 2.21. The fourth-order valence-corrected chi connectivity index (χ4v) is 3.35. The van der Waals surface area contributed by atoms with Crippen molar-refractivity contribution >= 4 is 10.0 Å². The van der Waals surface area contributed by atoms with E-state index in [0.717, 1.165) is 5.76 Å². The lowest BCUT2D eigenvalue weighted by Crippen LogP contribution is -2.34. The summed E-state index contributed by atoms with van der Waals surface area (Å²) < 4.78 is 42.9. The summed E-state index contributed by atoms with van der Waals surface area (Å²) in [7, 11) is -0.692. The van der Waals surface area contributed by atoms with E-state index in [4.69, 9.17) is 13.9 Å². The van der Waals surface area contributed by atoms with Crippen LogP contribution in [0.4, 0.5) is 0 Å². The van der Waals surface area contributed by atoms with Crippen molar-refractivity contribution in [2.45, 2.75) is 24.3 Å². The van der Waals surface area contributed by atoms with Crippen LogP contribution in [0.3, 0.4) is 0 Å². The van der Waals surface area contributed by atoms with Crippen LogP contribution in [0.25, 0.3) is 0 Å². The number of rotatable bonds is 7. The van der Waals surface area contributed by atoms with Crippen molar-refractivity contribution in [1.82, 2.24) is 4.72 Å². The van der Waals surface area contributed by atoms with E-state index >= 15 is 0 Å². The molecule has 0 amide bonds. The smallest absolute Gasteiger partial charge is 0.240 e. The van der Waals surface area contributed by atoms with Crippen molar-refractivity contribution in [3.63, 3.8) is 0 Å². The molecule has 0 aliphatic carbocycles. The summed E-state index contributed by atoms with van der Waals surface area (Å²) in [5.74, 6) is 1.57. The zero-order valence-corrected chi connectivity index (χ0v) is 13.5. The number of benzene rings is 1. The van der Waals surface area contributed by atoms with Gasteiger partial charge in [-0.2, -0.15) is 0 Å². The summed E-state index contributed by atoms with van der Waals surface area (Å²) in [6.45, 7) is 1.78. The Hall–Kier alpha value is -1.99. The molecule has 6 nitrogen and oxygen atoms in total.